The van der Waals surface area contributed by atoms with Crippen molar-refractivity contribution in [3.63, 3.8) is 0 Å². The van der Waals surface area contributed by atoms with E-state index in [0.717, 1.165) is 5.69 Å². The van der Waals surface area contributed by atoms with Gasteiger partial charge in [0.15, 0.2) is 0 Å². The molecule has 3 rings (SSSR count). The van der Waals surface area contributed by atoms with Crippen molar-refractivity contribution in [3.05, 3.63) is 71.7 Å². The number of carbonyl (C=O) groups excluding carboxylic acids is 2. The largest absolute Gasteiger partial charge is 0.379 e. The van der Waals surface area contributed by atoms with Crippen molar-refractivity contribution in [1.29, 1.82) is 0 Å². The standard InChI is InChI=1S/C24H27FN2O3/c1-4-26(20-9-6-5-7-10-20)22-21(18-11-13-19(25)14-12-18)23(28)27(24(22)29)15-8-16-30-17(2)3/h5-7,9-14,17H,4,8,15-16H2,1-3H3. The highest BCUT2D eigenvalue weighted by atomic mass is 19.1. The van der Waals surface area contributed by atoms with E-state index >= 15 is 0 Å². The third kappa shape index (κ3) is 4.60. The number of ether oxygens (including phenoxy) is 1. The second kappa shape index (κ2) is 9.67. The van der Waals surface area contributed by atoms with Crippen LogP contribution in [-0.2, 0) is 14.3 Å². The normalized spacial score (nSPS) is 14.2. The molecule has 2 aromatic carbocycles. The fourth-order valence-corrected chi connectivity index (χ4v) is 3.51. The Morgan fingerprint density at radius 1 is 1.00 bits per heavy atom. The average Bonchev–Trinajstić information content (AvgIpc) is 2.98. The zero-order valence-electron chi connectivity index (χ0n) is 17.6. The summed E-state index contributed by atoms with van der Waals surface area (Å²) in [6.45, 7) is 7.05. The molecule has 6 heteroatoms. The number of carbonyl (C=O) groups is 2. The zero-order chi connectivity index (χ0) is 21.7. The van der Waals surface area contributed by atoms with Crippen LogP contribution < -0.4 is 4.90 Å². The van der Waals surface area contributed by atoms with Crippen LogP contribution >= 0.6 is 0 Å². The van der Waals surface area contributed by atoms with Gasteiger partial charge in [-0.3, -0.25) is 14.5 Å². The minimum absolute atomic E-state index is 0.0899. The Labute approximate surface area is 176 Å². The molecule has 0 aliphatic carbocycles. The predicted molar refractivity (Wildman–Crippen MR) is 115 cm³/mol. The van der Waals surface area contributed by atoms with Crippen LogP contribution in [0.1, 0.15) is 32.8 Å². The van der Waals surface area contributed by atoms with Crippen molar-refractivity contribution in [2.75, 3.05) is 24.6 Å². The fraction of sp³-hybridized carbons (Fsp3) is 0.333. The van der Waals surface area contributed by atoms with Gasteiger partial charge in [0, 0.05) is 25.4 Å². The number of imide groups is 1. The Morgan fingerprint density at radius 2 is 1.67 bits per heavy atom. The van der Waals surface area contributed by atoms with Crippen LogP contribution in [0.5, 0.6) is 0 Å². The summed E-state index contributed by atoms with van der Waals surface area (Å²) in [4.78, 5) is 29.7. The first-order chi connectivity index (χ1) is 14.4. The van der Waals surface area contributed by atoms with Gasteiger partial charge in [-0.05, 0) is 57.0 Å². The third-order valence-electron chi connectivity index (χ3n) is 4.91. The maximum absolute atomic E-state index is 13.5. The summed E-state index contributed by atoms with van der Waals surface area (Å²) < 4.78 is 19.0. The van der Waals surface area contributed by atoms with Crippen molar-refractivity contribution in [2.24, 2.45) is 0 Å². The van der Waals surface area contributed by atoms with Gasteiger partial charge >= 0.3 is 0 Å². The molecule has 1 heterocycles. The van der Waals surface area contributed by atoms with Gasteiger partial charge in [-0.2, -0.15) is 0 Å². The highest BCUT2D eigenvalue weighted by molar-refractivity contribution is 6.36. The number of hydrogen-bond donors (Lipinski definition) is 0. The fourth-order valence-electron chi connectivity index (χ4n) is 3.51. The van der Waals surface area contributed by atoms with E-state index in [9.17, 15) is 14.0 Å². The molecule has 0 saturated heterocycles. The lowest BCUT2D eigenvalue weighted by Gasteiger charge is -2.25. The van der Waals surface area contributed by atoms with Crippen molar-refractivity contribution in [2.45, 2.75) is 33.3 Å². The number of hydrogen-bond acceptors (Lipinski definition) is 4. The minimum atomic E-state index is -0.393. The van der Waals surface area contributed by atoms with E-state index in [4.69, 9.17) is 4.74 Å². The maximum atomic E-state index is 13.5. The lowest BCUT2D eigenvalue weighted by atomic mass is 10.0. The lowest BCUT2D eigenvalue weighted by molar-refractivity contribution is -0.137. The molecule has 30 heavy (non-hydrogen) atoms. The molecule has 5 nitrogen and oxygen atoms in total. The summed E-state index contributed by atoms with van der Waals surface area (Å²) in [5.41, 5.74) is 1.97. The van der Waals surface area contributed by atoms with E-state index < -0.39 is 5.82 Å². The number of para-hydroxylation sites is 1. The molecule has 2 amide bonds. The number of amides is 2. The molecule has 158 valence electrons. The van der Waals surface area contributed by atoms with Crippen LogP contribution in [0.3, 0.4) is 0 Å². The summed E-state index contributed by atoms with van der Waals surface area (Å²) in [5.74, 6) is -1.09. The van der Waals surface area contributed by atoms with Gasteiger partial charge in [-0.15, -0.1) is 0 Å². The Balaban J connectivity index is 1.99. The molecule has 0 bridgehead atoms. The Hall–Kier alpha value is -2.99. The summed E-state index contributed by atoms with van der Waals surface area (Å²) >= 11 is 0. The summed E-state index contributed by atoms with van der Waals surface area (Å²) in [7, 11) is 0. The molecule has 0 aromatic heterocycles. The van der Waals surface area contributed by atoms with Crippen LogP contribution in [0, 0.1) is 5.82 Å². The van der Waals surface area contributed by atoms with Gasteiger partial charge in [0.2, 0.25) is 0 Å². The molecule has 0 radical (unpaired) electrons. The van der Waals surface area contributed by atoms with E-state index in [0.29, 0.717) is 36.4 Å². The molecular formula is C24H27FN2O3. The molecule has 0 N–H and O–H groups in total. The van der Waals surface area contributed by atoms with Crippen molar-refractivity contribution in [3.8, 4) is 0 Å². The van der Waals surface area contributed by atoms with Crippen LogP contribution in [0.25, 0.3) is 5.57 Å². The van der Waals surface area contributed by atoms with Gasteiger partial charge in [-0.25, -0.2) is 4.39 Å². The van der Waals surface area contributed by atoms with Crippen LogP contribution in [0.15, 0.2) is 60.3 Å². The van der Waals surface area contributed by atoms with E-state index in [2.05, 4.69) is 0 Å². The second-order valence-electron chi connectivity index (χ2n) is 7.35. The molecule has 0 fully saturated rings. The second-order valence-corrected chi connectivity index (χ2v) is 7.35. The Morgan fingerprint density at radius 3 is 2.27 bits per heavy atom. The Bertz CT molecular complexity index is 923. The zero-order valence-corrected chi connectivity index (χ0v) is 17.6. The lowest BCUT2D eigenvalue weighted by Crippen LogP contribution is -2.36. The number of likely N-dealkylation sites (N-methyl/N-ethyl adjacent to an activating group) is 1. The number of anilines is 1. The Kier molecular flexibility index (Phi) is 7.00. The van der Waals surface area contributed by atoms with Crippen molar-refractivity contribution < 1.29 is 18.7 Å². The van der Waals surface area contributed by atoms with Crippen LogP contribution in [-0.4, -0.2) is 42.5 Å². The third-order valence-corrected chi connectivity index (χ3v) is 4.91. The van der Waals surface area contributed by atoms with E-state index in [1.165, 1.54) is 17.0 Å². The highest BCUT2D eigenvalue weighted by Gasteiger charge is 2.41. The number of rotatable bonds is 9. The van der Waals surface area contributed by atoms with Crippen molar-refractivity contribution >= 4 is 23.1 Å². The van der Waals surface area contributed by atoms with Gasteiger partial charge in [-0.1, -0.05) is 30.3 Å². The topological polar surface area (TPSA) is 49.9 Å². The van der Waals surface area contributed by atoms with Crippen molar-refractivity contribution in [1.82, 2.24) is 4.90 Å². The maximum Gasteiger partial charge on any atom is 0.278 e. The minimum Gasteiger partial charge on any atom is -0.379 e. The molecule has 0 spiro atoms. The summed E-state index contributed by atoms with van der Waals surface area (Å²) in [6.07, 6.45) is 0.643. The van der Waals surface area contributed by atoms with Crippen LogP contribution in [0.2, 0.25) is 0 Å². The van der Waals surface area contributed by atoms with Gasteiger partial charge in [0.1, 0.15) is 11.5 Å². The first-order valence-electron chi connectivity index (χ1n) is 10.2. The number of benzene rings is 2. The van der Waals surface area contributed by atoms with Gasteiger partial charge in [0.25, 0.3) is 11.8 Å². The predicted octanol–water partition coefficient (Wildman–Crippen LogP) is 4.25. The number of halogens is 1. The highest BCUT2D eigenvalue weighted by Crippen LogP contribution is 2.34. The quantitative estimate of drug-likeness (QED) is 0.458. The van der Waals surface area contributed by atoms with E-state index in [1.54, 1.807) is 12.1 Å². The summed E-state index contributed by atoms with van der Waals surface area (Å²) in [5, 5.41) is 0. The average molecular weight is 410 g/mol. The first-order valence-corrected chi connectivity index (χ1v) is 10.2. The van der Waals surface area contributed by atoms with E-state index in [1.807, 2.05) is 56.0 Å². The SMILES string of the molecule is CCN(C1=C(c2ccc(F)cc2)C(=O)N(CCCOC(C)C)C1=O)c1ccccc1. The molecule has 0 saturated carbocycles. The monoisotopic (exact) mass is 410 g/mol. The van der Waals surface area contributed by atoms with Crippen LogP contribution in [0.4, 0.5) is 10.1 Å². The smallest absolute Gasteiger partial charge is 0.278 e. The molecule has 2 aromatic rings. The van der Waals surface area contributed by atoms with Gasteiger partial charge < -0.3 is 9.64 Å². The number of nitrogens with zero attached hydrogens (tertiary/aromatic N) is 2. The molecule has 1 aliphatic heterocycles. The van der Waals surface area contributed by atoms with Gasteiger partial charge in [0.05, 0.1) is 11.7 Å². The molecule has 1 aliphatic rings. The summed E-state index contributed by atoms with van der Waals surface area (Å²) in [6, 6.07) is 15.2. The van der Waals surface area contributed by atoms with E-state index in [-0.39, 0.29) is 24.5 Å². The molecular weight excluding hydrogens is 383 g/mol. The molecule has 0 unspecified atom stereocenters. The first kappa shape index (κ1) is 21.7. The molecule has 0 atom stereocenters.